The highest BCUT2D eigenvalue weighted by Crippen LogP contribution is 2.37. The van der Waals surface area contributed by atoms with Crippen molar-refractivity contribution in [2.75, 3.05) is 12.4 Å². The number of rotatable bonds is 5. The van der Waals surface area contributed by atoms with E-state index in [0.29, 0.717) is 17.5 Å². The van der Waals surface area contributed by atoms with Gasteiger partial charge < -0.3 is 10.1 Å². The zero-order valence-electron chi connectivity index (χ0n) is 18.4. The lowest BCUT2D eigenvalue weighted by atomic mass is 9.80. The van der Waals surface area contributed by atoms with E-state index in [-0.39, 0.29) is 22.2 Å². The molecule has 7 nitrogen and oxygen atoms in total. The number of hydrogen-bond donors (Lipinski definition) is 1. The first-order valence-corrected chi connectivity index (χ1v) is 11.2. The van der Waals surface area contributed by atoms with Gasteiger partial charge in [-0.15, -0.1) is 0 Å². The fourth-order valence-electron chi connectivity index (χ4n) is 4.40. The highest BCUT2D eigenvalue weighted by molar-refractivity contribution is 6.32. The van der Waals surface area contributed by atoms with Gasteiger partial charge in [0, 0.05) is 23.8 Å². The number of pyridine rings is 1. The molecule has 1 saturated carbocycles. The Labute approximate surface area is 192 Å². The highest BCUT2D eigenvalue weighted by Gasteiger charge is 2.25. The van der Waals surface area contributed by atoms with Crippen LogP contribution in [0, 0.1) is 23.2 Å². The van der Waals surface area contributed by atoms with Crippen molar-refractivity contribution >= 4 is 34.1 Å². The number of nitriles is 1. The molecule has 1 aromatic carbocycles. The average Bonchev–Trinajstić information content (AvgIpc) is 3.21. The molecule has 1 amide bonds. The number of ether oxygens (including phenoxy) is 1. The van der Waals surface area contributed by atoms with Gasteiger partial charge in [-0.3, -0.25) is 9.48 Å². The van der Waals surface area contributed by atoms with Crippen molar-refractivity contribution in [2.24, 2.45) is 11.8 Å². The van der Waals surface area contributed by atoms with E-state index in [2.05, 4.69) is 28.8 Å². The third kappa shape index (κ3) is 4.42. The lowest BCUT2D eigenvalue weighted by Crippen LogP contribution is -2.21. The summed E-state index contributed by atoms with van der Waals surface area (Å²) < 4.78 is 7.56. The van der Waals surface area contributed by atoms with Crippen LogP contribution in [0.3, 0.4) is 0 Å². The third-order valence-corrected chi connectivity index (χ3v) is 6.65. The second-order valence-corrected chi connectivity index (χ2v) is 9.06. The first-order chi connectivity index (χ1) is 15.4. The van der Waals surface area contributed by atoms with Crippen molar-refractivity contribution < 1.29 is 9.53 Å². The van der Waals surface area contributed by atoms with Gasteiger partial charge in [-0.05, 0) is 49.7 Å². The maximum Gasteiger partial charge on any atom is 0.257 e. The summed E-state index contributed by atoms with van der Waals surface area (Å²) in [5, 5.41) is 17.7. The molecule has 2 heterocycles. The van der Waals surface area contributed by atoms with E-state index in [1.165, 1.54) is 25.1 Å². The molecule has 0 unspecified atom stereocenters. The second kappa shape index (κ2) is 9.17. The van der Waals surface area contributed by atoms with Crippen molar-refractivity contribution in [3.63, 3.8) is 0 Å². The monoisotopic (exact) mass is 451 g/mol. The molecule has 0 radical (unpaired) electrons. The van der Waals surface area contributed by atoms with E-state index < -0.39 is 0 Å². The van der Waals surface area contributed by atoms with Crippen LogP contribution < -0.4 is 10.1 Å². The van der Waals surface area contributed by atoms with Crippen LogP contribution in [0.4, 0.5) is 5.69 Å². The maximum atomic E-state index is 12.7. The summed E-state index contributed by atoms with van der Waals surface area (Å²) in [5.74, 6) is 1.65. The summed E-state index contributed by atoms with van der Waals surface area (Å²) >= 11 is 6.02. The van der Waals surface area contributed by atoms with Gasteiger partial charge in [0.2, 0.25) is 0 Å². The van der Waals surface area contributed by atoms with Crippen LogP contribution in [-0.4, -0.2) is 27.8 Å². The van der Waals surface area contributed by atoms with Crippen LogP contribution in [0.25, 0.3) is 10.9 Å². The fourth-order valence-corrected chi connectivity index (χ4v) is 4.61. The molecule has 1 fully saturated rings. The van der Waals surface area contributed by atoms with Gasteiger partial charge in [-0.2, -0.15) is 10.4 Å². The largest absolute Gasteiger partial charge is 0.494 e. The van der Waals surface area contributed by atoms with Gasteiger partial charge in [0.25, 0.3) is 5.91 Å². The van der Waals surface area contributed by atoms with Crippen molar-refractivity contribution in [3.05, 3.63) is 46.9 Å². The molecular formula is C24H26ClN5O2. The molecule has 1 N–H and O–H groups in total. The minimum Gasteiger partial charge on any atom is -0.494 e. The van der Waals surface area contributed by atoms with Crippen molar-refractivity contribution in [1.82, 2.24) is 14.8 Å². The number of benzene rings is 1. The number of anilines is 1. The summed E-state index contributed by atoms with van der Waals surface area (Å²) in [7, 11) is 1.56. The summed E-state index contributed by atoms with van der Waals surface area (Å²) in [6.45, 7) is 4.61. The molecule has 8 heteroatoms. The number of carbonyl (C=O) groups is 1. The predicted molar refractivity (Wildman–Crippen MR) is 124 cm³/mol. The Hall–Kier alpha value is -3.11. The van der Waals surface area contributed by atoms with Crippen LogP contribution in [0.2, 0.25) is 5.02 Å². The molecular weight excluding hydrogens is 426 g/mol. The average molecular weight is 452 g/mol. The Morgan fingerprint density at radius 1 is 1.28 bits per heavy atom. The number of carbonyl (C=O) groups excluding carboxylic acids is 1. The van der Waals surface area contributed by atoms with Gasteiger partial charge in [-0.25, -0.2) is 4.98 Å². The standard InChI is InChI=1S/C24H26ClN5O2/c1-14(2)15-4-6-18(7-5-15)30-13-17-9-21(23(32-3)10-20(17)29-30)28-24(31)16-8-19(25)22(11-26)27-12-16/h8-10,12-15,18H,4-7H2,1-3H3,(H,28,31)/t15-,18-. The van der Waals surface area contributed by atoms with Crippen molar-refractivity contribution in [2.45, 2.75) is 45.6 Å². The van der Waals surface area contributed by atoms with Crippen LogP contribution in [0.15, 0.2) is 30.6 Å². The summed E-state index contributed by atoms with van der Waals surface area (Å²) in [4.78, 5) is 16.7. The maximum absolute atomic E-state index is 12.7. The summed E-state index contributed by atoms with van der Waals surface area (Å²) in [6, 6.07) is 7.42. The van der Waals surface area contributed by atoms with E-state index in [0.717, 1.165) is 35.6 Å². The molecule has 166 valence electrons. The smallest absolute Gasteiger partial charge is 0.257 e. The molecule has 0 spiro atoms. The second-order valence-electron chi connectivity index (χ2n) is 8.65. The first kappa shape index (κ1) is 22.1. The van der Waals surface area contributed by atoms with Crippen LogP contribution in [0.5, 0.6) is 5.75 Å². The molecule has 1 aliphatic carbocycles. The Bertz CT molecular complexity index is 1190. The van der Waals surface area contributed by atoms with Crippen LogP contribution in [0.1, 0.15) is 61.6 Å². The fraction of sp³-hybridized carbons (Fsp3) is 0.417. The molecule has 3 aromatic rings. The molecule has 0 aliphatic heterocycles. The van der Waals surface area contributed by atoms with E-state index in [4.69, 9.17) is 26.7 Å². The van der Waals surface area contributed by atoms with Crippen LogP contribution in [-0.2, 0) is 0 Å². The molecule has 2 aromatic heterocycles. The zero-order valence-corrected chi connectivity index (χ0v) is 19.2. The Balaban J connectivity index is 1.57. The first-order valence-electron chi connectivity index (χ1n) is 10.8. The topological polar surface area (TPSA) is 92.8 Å². The highest BCUT2D eigenvalue weighted by atomic mass is 35.5. The number of nitrogens with one attached hydrogen (secondary N) is 1. The summed E-state index contributed by atoms with van der Waals surface area (Å²) in [5.41, 5.74) is 1.70. The van der Waals surface area contributed by atoms with Gasteiger partial charge in [0.1, 0.15) is 11.8 Å². The van der Waals surface area contributed by atoms with E-state index >= 15 is 0 Å². The number of halogens is 1. The van der Waals surface area contributed by atoms with Crippen molar-refractivity contribution in [3.8, 4) is 11.8 Å². The number of nitrogens with zero attached hydrogens (tertiary/aromatic N) is 4. The van der Waals surface area contributed by atoms with Gasteiger partial charge in [-0.1, -0.05) is 25.4 Å². The van der Waals surface area contributed by atoms with E-state index in [1.807, 2.05) is 24.4 Å². The van der Waals surface area contributed by atoms with Gasteiger partial charge >= 0.3 is 0 Å². The normalized spacial score (nSPS) is 18.5. The number of methoxy groups -OCH3 is 1. The van der Waals surface area contributed by atoms with Gasteiger partial charge in [0.05, 0.1) is 34.9 Å². The Morgan fingerprint density at radius 3 is 2.66 bits per heavy atom. The molecule has 1 aliphatic rings. The molecule has 0 bridgehead atoms. The number of fused-ring (bicyclic) bond motifs is 1. The van der Waals surface area contributed by atoms with E-state index in [9.17, 15) is 4.79 Å². The summed E-state index contributed by atoms with van der Waals surface area (Å²) in [6.07, 6.45) is 8.09. The molecule has 0 atom stereocenters. The Kier molecular flexibility index (Phi) is 6.33. The van der Waals surface area contributed by atoms with Crippen LogP contribution >= 0.6 is 11.6 Å². The molecule has 32 heavy (non-hydrogen) atoms. The van der Waals surface area contributed by atoms with Crippen molar-refractivity contribution in [1.29, 1.82) is 5.26 Å². The lowest BCUT2D eigenvalue weighted by molar-refractivity contribution is 0.102. The lowest BCUT2D eigenvalue weighted by Gasteiger charge is -2.30. The van der Waals surface area contributed by atoms with E-state index in [1.54, 1.807) is 7.11 Å². The predicted octanol–water partition coefficient (Wildman–Crippen LogP) is 5.60. The SMILES string of the molecule is COc1cc2nn([C@H]3CC[C@H](C(C)C)CC3)cc2cc1NC(=O)c1cnc(C#N)c(Cl)c1. The quantitative estimate of drug-likeness (QED) is 0.544. The number of amides is 1. The minimum absolute atomic E-state index is 0.0806. The molecule has 4 rings (SSSR count). The number of aromatic nitrogens is 3. The third-order valence-electron chi connectivity index (χ3n) is 6.36. The molecule has 0 saturated heterocycles. The Morgan fingerprint density at radius 2 is 2.03 bits per heavy atom. The van der Waals surface area contributed by atoms with Gasteiger partial charge in [0.15, 0.2) is 5.69 Å². The minimum atomic E-state index is -0.388. The zero-order chi connectivity index (χ0) is 22.8. The number of hydrogen-bond acceptors (Lipinski definition) is 5.